The quantitative estimate of drug-likeness (QED) is 0.846. The topological polar surface area (TPSA) is 42.7 Å². The molecule has 2 heterocycles. The van der Waals surface area contributed by atoms with Crippen LogP contribution in [0.4, 0.5) is 0 Å². The van der Waals surface area contributed by atoms with Crippen molar-refractivity contribution >= 4 is 11.6 Å². The van der Waals surface area contributed by atoms with Gasteiger partial charge in [-0.1, -0.05) is 18.5 Å². The molecule has 0 saturated carbocycles. The van der Waals surface area contributed by atoms with Crippen molar-refractivity contribution in [3.8, 4) is 0 Å². The predicted octanol–water partition coefficient (Wildman–Crippen LogP) is 3.80. The number of nitrogens with zero attached hydrogens (tertiary/aromatic N) is 3. The number of hydrogen-bond donors (Lipinski definition) is 1. The van der Waals surface area contributed by atoms with Gasteiger partial charge in [-0.3, -0.25) is 9.67 Å². The average Bonchev–Trinajstić information content (AvgIpc) is 2.93. The van der Waals surface area contributed by atoms with E-state index >= 15 is 0 Å². The molecule has 114 valence electrons. The van der Waals surface area contributed by atoms with E-state index in [0.717, 1.165) is 30.8 Å². The zero-order chi connectivity index (χ0) is 15.2. The summed E-state index contributed by atoms with van der Waals surface area (Å²) in [5.74, 6) is 0. The van der Waals surface area contributed by atoms with Gasteiger partial charge in [0.1, 0.15) is 0 Å². The average molecular weight is 307 g/mol. The summed E-state index contributed by atoms with van der Waals surface area (Å²) in [5.41, 5.74) is 2.08. The van der Waals surface area contributed by atoms with E-state index in [0.29, 0.717) is 11.1 Å². The van der Waals surface area contributed by atoms with Crippen molar-refractivity contribution in [3.63, 3.8) is 0 Å². The fourth-order valence-corrected chi connectivity index (χ4v) is 2.29. The second-order valence-corrected chi connectivity index (χ2v) is 5.93. The highest BCUT2D eigenvalue weighted by molar-refractivity contribution is 6.30. The Balaban J connectivity index is 2.13. The molecule has 1 unspecified atom stereocenters. The molecule has 2 rings (SSSR count). The Morgan fingerprint density at radius 3 is 2.67 bits per heavy atom. The van der Waals surface area contributed by atoms with Gasteiger partial charge in [0.25, 0.3) is 0 Å². The molecule has 1 N–H and O–H groups in total. The van der Waals surface area contributed by atoms with Crippen molar-refractivity contribution < 1.29 is 0 Å². The number of aromatic nitrogens is 3. The first-order chi connectivity index (χ1) is 10.1. The van der Waals surface area contributed by atoms with E-state index in [1.807, 2.05) is 23.0 Å². The molecule has 4 nitrogen and oxygen atoms in total. The van der Waals surface area contributed by atoms with Crippen molar-refractivity contribution in [2.45, 2.75) is 45.7 Å². The Hall–Kier alpha value is -1.39. The van der Waals surface area contributed by atoms with Gasteiger partial charge in [-0.15, -0.1) is 0 Å². The van der Waals surface area contributed by atoms with Gasteiger partial charge >= 0.3 is 0 Å². The van der Waals surface area contributed by atoms with Gasteiger partial charge < -0.3 is 5.32 Å². The highest BCUT2D eigenvalue weighted by atomic mass is 35.5. The summed E-state index contributed by atoms with van der Waals surface area (Å²) in [4.78, 5) is 4.44. The maximum absolute atomic E-state index is 5.92. The summed E-state index contributed by atoms with van der Waals surface area (Å²) in [7, 11) is 0. The minimum Gasteiger partial charge on any atom is -0.308 e. The van der Waals surface area contributed by atoms with E-state index in [1.54, 1.807) is 6.20 Å². The summed E-state index contributed by atoms with van der Waals surface area (Å²) < 4.78 is 1.99. The standard InChI is InChI=1S/C16H23ClN4/c1-4-8-18-16(15-6-5-13(17)11-19-15)10-14-7-9-21(20-14)12(2)3/h5-7,9,11-12,16,18H,4,8,10H2,1-3H3. The van der Waals surface area contributed by atoms with Crippen LogP contribution in [0, 0.1) is 0 Å². The Kier molecular flexibility index (Phi) is 5.76. The van der Waals surface area contributed by atoms with Crippen molar-refractivity contribution in [2.24, 2.45) is 0 Å². The minimum absolute atomic E-state index is 0.165. The van der Waals surface area contributed by atoms with Crippen molar-refractivity contribution in [2.75, 3.05) is 6.54 Å². The smallest absolute Gasteiger partial charge is 0.0644 e. The molecule has 0 aromatic carbocycles. The van der Waals surface area contributed by atoms with Crippen LogP contribution in [0.2, 0.25) is 5.02 Å². The Bertz CT molecular complexity index is 548. The van der Waals surface area contributed by atoms with Crippen molar-refractivity contribution in [1.82, 2.24) is 20.1 Å². The monoisotopic (exact) mass is 306 g/mol. The second kappa shape index (κ2) is 7.57. The molecule has 0 spiro atoms. The van der Waals surface area contributed by atoms with Crippen LogP contribution in [0.3, 0.4) is 0 Å². The molecule has 0 aliphatic heterocycles. The van der Waals surface area contributed by atoms with Crippen LogP contribution >= 0.6 is 11.6 Å². The Labute approximate surface area is 131 Å². The third-order valence-electron chi connectivity index (χ3n) is 3.35. The van der Waals surface area contributed by atoms with Gasteiger partial charge in [-0.2, -0.15) is 5.10 Å². The molecule has 2 aromatic rings. The molecule has 0 fully saturated rings. The molecule has 0 amide bonds. The van der Waals surface area contributed by atoms with E-state index in [1.165, 1.54) is 0 Å². The first-order valence-electron chi connectivity index (χ1n) is 7.49. The number of halogens is 1. The zero-order valence-electron chi connectivity index (χ0n) is 12.9. The molecule has 0 aliphatic rings. The molecule has 5 heteroatoms. The molecular formula is C16H23ClN4. The lowest BCUT2D eigenvalue weighted by atomic mass is 10.1. The summed E-state index contributed by atoms with van der Waals surface area (Å²) in [6.07, 6.45) is 5.65. The largest absolute Gasteiger partial charge is 0.308 e. The molecule has 2 aromatic heterocycles. The third-order valence-corrected chi connectivity index (χ3v) is 3.58. The molecular weight excluding hydrogens is 284 g/mol. The maximum atomic E-state index is 5.92. The van der Waals surface area contributed by atoms with E-state index in [4.69, 9.17) is 11.6 Å². The van der Waals surface area contributed by atoms with Crippen LogP contribution in [0.5, 0.6) is 0 Å². The zero-order valence-corrected chi connectivity index (χ0v) is 13.6. The molecule has 0 saturated heterocycles. The van der Waals surface area contributed by atoms with Gasteiger partial charge in [0.2, 0.25) is 0 Å². The third kappa shape index (κ3) is 4.55. The molecule has 21 heavy (non-hydrogen) atoms. The van der Waals surface area contributed by atoms with Crippen LogP contribution in [0.1, 0.15) is 50.7 Å². The normalized spacial score (nSPS) is 12.8. The van der Waals surface area contributed by atoms with Crippen LogP contribution in [0.15, 0.2) is 30.6 Å². The van der Waals surface area contributed by atoms with Crippen molar-refractivity contribution in [1.29, 1.82) is 0 Å². The van der Waals surface area contributed by atoms with E-state index in [-0.39, 0.29) is 6.04 Å². The SMILES string of the molecule is CCCNC(Cc1ccn(C(C)C)n1)c1ccc(Cl)cn1. The predicted molar refractivity (Wildman–Crippen MR) is 86.6 cm³/mol. The number of nitrogens with one attached hydrogen (secondary N) is 1. The van der Waals surface area contributed by atoms with Gasteiger partial charge in [0.05, 0.1) is 22.5 Å². The first-order valence-corrected chi connectivity index (χ1v) is 7.86. The summed E-state index contributed by atoms with van der Waals surface area (Å²) in [6, 6.07) is 6.50. The second-order valence-electron chi connectivity index (χ2n) is 5.49. The molecule has 0 aliphatic carbocycles. The maximum Gasteiger partial charge on any atom is 0.0644 e. The van der Waals surface area contributed by atoms with E-state index < -0.39 is 0 Å². The van der Waals surface area contributed by atoms with Crippen molar-refractivity contribution in [3.05, 3.63) is 47.0 Å². The fourth-order valence-electron chi connectivity index (χ4n) is 2.18. The van der Waals surface area contributed by atoms with Crippen LogP contribution in [0.25, 0.3) is 0 Å². The molecule has 0 bridgehead atoms. The first kappa shape index (κ1) is 16.0. The van der Waals surface area contributed by atoms with Crippen LogP contribution in [-0.2, 0) is 6.42 Å². The molecule has 0 radical (unpaired) electrons. The number of rotatable bonds is 7. The van der Waals surface area contributed by atoms with Crippen LogP contribution in [-0.4, -0.2) is 21.3 Å². The lowest BCUT2D eigenvalue weighted by Crippen LogP contribution is -2.25. The summed E-state index contributed by atoms with van der Waals surface area (Å²) in [6.45, 7) is 7.38. The van der Waals surface area contributed by atoms with E-state index in [2.05, 4.69) is 42.2 Å². The van der Waals surface area contributed by atoms with Gasteiger partial charge in [-0.05, 0) is 45.0 Å². The highest BCUT2D eigenvalue weighted by Gasteiger charge is 2.15. The van der Waals surface area contributed by atoms with E-state index in [9.17, 15) is 0 Å². The molecule has 1 atom stereocenters. The lowest BCUT2D eigenvalue weighted by Gasteiger charge is -2.17. The minimum atomic E-state index is 0.165. The lowest BCUT2D eigenvalue weighted by molar-refractivity contribution is 0.493. The van der Waals surface area contributed by atoms with Gasteiger partial charge in [-0.25, -0.2) is 0 Å². The summed E-state index contributed by atoms with van der Waals surface area (Å²) in [5, 5.41) is 8.82. The number of pyridine rings is 1. The van der Waals surface area contributed by atoms with Gasteiger partial charge in [0, 0.05) is 24.9 Å². The van der Waals surface area contributed by atoms with Gasteiger partial charge in [0.15, 0.2) is 0 Å². The Morgan fingerprint density at radius 2 is 2.10 bits per heavy atom. The Morgan fingerprint density at radius 1 is 1.29 bits per heavy atom. The highest BCUT2D eigenvalue weighted by Crippen LogP contribution is 2.18. The summed E-state index contributed by atoms with van der Waals surface area (Å²) >= 11 is 5.92. The fraction of sp³-hybridized carbons (Fsp3) is 0.500. The number of hydrogen-bond acceptors (Lipinski definition) is 3. The van der Waals surface area contributed by atoms with Crippen LogP contribution < -0.4 is 5.32 Å².